The number of anilines is 2. The number of imidazole rings is 1. The van der Waals surface area contributed by atoms with Gasteiger partial charge in [-0.1, -0.05) is 11.6 Å². The van der Waals surface area contributed by atoms with Crippen LogP contribution in [-0.2, 0) is 6.61 Å². The third kappa shape index (κ3) is 4.60. The molecule has 11 nitrogen and oxygen atoms in total. The first kappa shape index (κ1) is 24.3. The van der Waals surface area contributed by atoms with Crippen molar-refractivity contribution in [3.05, 3.63) is 75.2 Å². The lowest BCUT2D eigenvalue weighted by Gasteiger charge is -2.36. The van der Waals surface area contributed by atoms with Crippen molar-refractivity contribution < 1.29 is 14.8 Å². The van der Waals surface area contributed by atoms with Gasteiger partial charge in [-0.3, -0.25) is 10.1 Å². The molecule has 4 aromatic rings. The van der Waals surface area contributed by atoms with Gasteiger partial charge in [0.2, 0.25) is 0 Å². The van der Waals surface area contributed by atoms with Crippen molar-refractivity contribution in [1.82, 2.24) is 14.4 Å². The first-order valence-electron chi connectivity index (χ1n) is 11.4. The number of halogens is 1. The molecule has 1 fully saturated rings. The number of benzene rings is 1. The van der Waals surface area contributed by atoms with Crippen LogP contribution >= 0.6 is 11.6 Å². The molecule has 0 bridgehead atoms. The first-order valence-corrected chi connectivity index (χ1v) is 11.8. The third-order valence-electron chi connectivity index (χ3n) is 6.40. The number of pyridine rings is 2. The molecule has 12 heteroatoms. The summed E-state index contributed by atoms with van der Waals surface area (Å²) in [6.45, 7) is 2.39. The molecule has 188 valence electrons. The van der Waals surface area contributed by atoms with Crippen LogP contribution in [0.4, 0.5) is 17.2 Å². The minimum atomic E-state index is -0.555. The summed E-state index contributed by atoms with van der Waals surface area (Å²) >= 11 is 6.33. The number of aromatic nitrogens is 3. The fraction of sp³-hybridized carbons (Fsp3) is 0.240. The van der Waals surface area contributed by atoms with Gasteiger partial charge in [0.15, 0.2) is 0 Å². The van der Waals surface area contributed by atoms with Crippen LogP contribution in [0.2, 0.25) is 5.02 Å². The molecule has 0 spiro atoms. The zero-order valence-corrected chi connectivity index (χ0v) is 20.6. The van der Waals surface area contributed by atoms with E-state index in [1.807, 2.05) is 39.9 Å². The molecule has 1 aliphatic heterocycles. The van der Waals surface area contributed by atoms with Gasteiger partial charge < -0.3 is 24.0 Å². The summed E-state index contributed by atoms with van der Waals surface area (Å²) in [5.74, 6) is 0.949. The Balaban J connectivity index is 1.36. The molecule has 37 heavy (non-hydrogen) atoms. The molecule has 1 N–H and O–H groups in total. The van der Waals surface area contributed by atoms with Crippen LogP contribution in [0, 0.1) is 21.4 Å². The molecule has 0 unspecified atom stereocenters. The average molecular weight is 520 g/mol. The van der Waals surface area contributed by atoms with Gasteiger partial charge in [0, 0.05) is 62.0 Å². The Labute approximate surface area is 216 Å². The molecule has 0 amide bonds. The van der Waals surface area contributed by atoms with E-state index in [9.17, 15) is 20.5 Å². The van der Waals surface area contributed by atoms with Gasteiger partial charge in [0.05, 0.1) is 29.4 Å². The molecule has 1 aliphatic rings. The number of aliphatic hydroxyl groups is 1. The molecule has 4 heterocycles. The quantitative estimate of drug-likeness (QED) is 0.299. The predicted molar refractivity (Wildman–Crippen MR) is 138 cm³/mol. The minimum absolute atomic E-state index is 0.177. The van der Waals surface area contributed by atoms with E-state index in [0.717, 1.165) is 16.9 Å². The summed E-state index contributed by atoms with van der Waals surface area (Å²) in [4.78, 5) is 23.6. The fourth-order valence-corrected chi connectivity index (χ4v) is 4.72. The van der Waals surface area contributed by atoms with E-state index in [4.69, 9.17) is 21.3 Å². The molecule has 0 saturated carbocycles. The van der Waals surface area contributed by atoms with Crippen molar-refractivity contribution in [3.8, 4) is 23.1 Å². The van der Waals surface area contributed by atoms with Crippen LogP contribution in [0.3, 0.4) is 0 Å². The molecule has 0 radical (unpaired) electrons. The lowest BCUT2D eigenvalue weighted by atomic mass is 10.1. The van der Waals surface area contributed by atoms with Crippen LogP contribution in [0.15, 0.2) is 48.9 Å². The van der Waals surface area contributed by atoms with Crippen LogP contribution in [0.25, 0.3) is 16.9 Å². The summed E-state index contributed by atoms with van der Waals surface area (Å²) in [7, 11) is 1.53. The van der Waals surface area contributed by atoms with E-state index in [-0.39, 0.29) is 17.9 Å². The molecule has 0 atom stereocenters. The number of hydrogen-bond acceptors (Lipinski definition) is 9. The molecule has 1 saturated heterocycles. The highest BCUT2D eigenvalue weighted by molar-refractivity contribution is 6.32. The van der Waals surface area contributed by atoms with Crippen molar-refractivity contribution in [1.29, 1.82) is 5.26 Å². The highest BCUT2D eigenvalue weighted by atomic mass is 35.5. The zero-order chi connectivity index (χ0) is 26.1. The van der Waals surface area contributed by atoms with E-state index >= 15 is 0 Å². The lowest BCUT2D eigenvalue weighted by molar-refractivity contribution is -0.385. The van der Waals surface area contributed by atoms with Crippen LogP contribution in [0.1, 0.15) is 11.1 Å². The Hall–Kier alpha value is -4.40. The molecular formula is C25H22ClN7O4. The Morgan fingerprint density at radius 1 is 1.22 bits per heavy atom. The predicted octanol–water partition coefficient (Wildman–Crippen LogP) is 3.66. The second-order valence-corrected chi connectivity index (χ2v) is 8.89. The summed E-state index contributed by atoms with van der Waals surface area (Å²) in [5, 5.41) is 30.8. The Morgan fingerprint density at radius 3 is 2.65 bits per heavy atom. The second-order valence-electron chi connectivity index (χ2n) is 8.49. The lowest BCUT2D eigenvalue weighted by Crippen LogP contribution is -2.47. The molecule has 0 aliphatic carbocycles. The largest absolute Gasteiger partial charge is 0.495 e. The zero-order valence-electron chi connectivity index (χ0n) is 19.8. The van der Waals surface area contributed by atoms with Crippen molar-refractivity contribution in [2.75, 3.05) is 43.1 Å². The van der Waals surface area contributed by atoms with Crippen LogP contribution in [0.5, 0.6) is 5.75 Å². The van der Waals surface area contributed by atoms with E-state index < -0.39 is 4.92 Å². The van der Waals surface area contributed by atoms with Crippen LogP contribution < -0.4 is 14.5 Å². The summed E-state index contributed by atoms with van der Waals surface area (Å²) in [5.41, 5.74) is 3.81. The number of rotatable bonds is 6. The standard InChI is InChI=1S/C25H22ClN7O4/c1-37-23-9-17(15-34)20(11-21(23)26)22-14-32-3-2-18(10-24(32)29-22)30-4-6-31(7-5-30)25-16(12-27)8-19(13-28-25)33(35)36/h2-3,8-11,13-14,34H,4-7,15H2,1H3. The summed E-state index contributed by atoms with van der Waals surface area (Å²) in [6, 6.07) is 10.7. The van der Waals surface area contributed by atoms with Gasteiger partial charge in [0.25, 0.3) is 5.69 Å². The summed E-state index contributed by atoms with van der Waals surface area (Å²) < 4.78 is 7.17. The molecular weight excluding hydrogens is 498 g/mol. The van der Waals surface area contributed by atoms with E-state index in [0.29, 0.717) is 54.0 Å². The van der Waals surface area contributed by atoms with Gasteiger partial charge in [-0.25, -0.2) is 9.97 Å². The number of nitrogens with zero attached hydrogens (tertiary/aromatic N) is 7. The van der Waals surface area contributed by atoms with Gasteiger partial charge in [-0.15, -0.1) is 0 Å². The SMILES string of the molecule is COc1cc(CO)c(-c2cn3ccc(N4CCN(c5ncc([N+](=O)[O-])cc5C#N)CC4)cc3n2)cc1Cl. The van der Waals surface area contributed by atoms with E-state index in [1.54, 1.807) is 12.1 Å². The van der Waals surface area contributed by atoms with E-state index in [1.165, 1.54) is 19.4 Å². The smallest absolute Gasteiger partial charge is 0.289 e. The van der Waals surface area contributed by atoms with Gasteiger partial charge in [-0.05, 0) is 23.8 Å². The van der Waals surface area contributed by atoms with E-state index in [2.05, 4.69) is 9.88 Å². The van der Waals surface area contributed by atoms with Gasteiger partial charge >= 0.3 is 0 Å². The number of nitriles is 1. The average Bonchev–Trinajstić information content (AvgIpc) is 3.36. The van der Waals surface area contributed by atoms with Gasteiger partial charge in [0.1, 0.15) is 35.0 Å². The number of ether oxygens (including phenoxy) is 1. The topological polar surface area (TPSA) is 133 Å². The van der Waals surface area contributed by atoms with Crippen molar-refractivity contribution >= 4 is 34.4 Å². The number of piperazine rings is 1. The highest BCUT2D eigenvalue weighted by Crippen LogP contribution is 2.34. The van der Waals surface area contributed by atoms with Crippen molar-refractivity contribution in [3.63, 3.8) is 0 Å². The van der Waals surface area contributed by atoms with Crippen molar-refractivity contribution in [2.24, 2.45) is 0 Å². The minimum Gasteiger partial charge on any atom is -0.495 e. The Kier molecular flexibility index (Phi) is 6.52. The monoisotopic (exact) mass is 519 g/mol. The van der Waals surface area contributed by atoms with Crippen LogP contribution in [-0.4, -0.2) is 57.7 Å². The highest BCUT2D eigenvalue weighted by Gasteiger charge is 2.23. The molecule has 3 aromatic heterocycles. The number of fused-ring (bicyclic) bond motifs is 1. The maximum atomic E-state index is 11.0. The second kappa shape index (κ2) is 9.93. The third-order valence-corrected chi connectivity index (χ3v) is 6.69. The maximum Gasteiger partial charge on any atom is 0.289 e. The number of methoxy groups -OCH3 is 1. The molecule has 5 rings (SSSR count). The first-order chi connectivity index (χ1) is 17.9. The van der Waals surface area contributed by atoms with Crippen molar-refractivity contribution in [2.45, 2.75) is 6.61 Å². The maximum absolute atomic E-state index is 11.0. The Morgan fingerprint density at radius 2 is 1.97 bits per heavy atom. The molecule has 1 aromatic carbocycles. The fourth-order valence-electron chi connectivity index (χ4n) is 4.48. The number of aliphatic hydroxyl groups excluding tert-OH is 1. The number of nitro groups is 1. The number of hydrogen-bond donors (Lipinski definition) is 1. The van der Waals surface area contributed by atoms with Gasteiger partial charge in [-0.2, -0.15) is 5.26 Å². The normalized spacial score (nSPS) is 13.6. The Bertz CT molecular complexity index is 1540. The summed E-state index contributed by atoms with van der Waals surface area (Å²) in [6.07, 6.45) is 5.01.